The Bertz CT molecular complexity index is 804. The molecule has 0 spiro atoms. The van der Waals surface area contributed by atoms with Crippen molar-refractivity contribution in [2.45, 2.75) is 12.8 Å². The van der Waals surface area contributed by atoms with Crippen molar-refractivity contribution in [1.29, 1.82) is 0 Å². The maximum Gasteiger partial charge on any atom is 0.254 e. The molecule has 0 aromatic heterocycles. The van der Waals surface area contributed by atoms with Gasteiger partial charge in [0.15, 0.2) is 0 Å². The summed E-state index contributed by atoms with van der Waals surface area (Å²) in [6.45, 7) is 2.24. The normalized spacial score (nSPS) is 14.6. The minimum atomic E-state index is -0.115. The van der Waals surface area contributed by atoms with Crippen LogP contribution < -0.4 is 4.74 Å². The second-order valence-corrected chi connectivity index (χ2v) is 6.60. The van der Waals surface area contributed by atoms with Gasteiger partial charge in [-0.1, -0.05) is 18.2 Å². The molecule has 1 fully saturated rings. The fraction of sp³-hybridized carbons (Fsp3) is 0.333. The summed E-state index contributed by atoms with van der Waals surface area (Å²) >= 11 is 0. The molecule has 1 saturated heterocycles. The zero-order valence-electron chi connectivity index (χ0n) is 15.4. The summed E-state index contributed by atoms with van der Waals surface area (Å²) in [6.07, 6.45) is 1.07. The Morgan fingerprint density at radius 1 is 1.00 bits per heavy atom. The van der Waals surface area contributed by atoms with E-state index in [-0.39, 0.29) is 17.6 Å². The van der Waals surface area contributed by atoms with Crippen LogP contribution in [-0.4, -0.2) is 60.0 Å². The Balaban J connectivity index is 1.58. The van der Waals surface area contributed by atoms with E-state index in [2.05, 4.69) is 0 Å². The second kappa shape index (κ2) is 8.58. The highest BCUT2D eigenvalue weighted by Gasteiger charge is 2.23. The van der Waals surface area contributed by atoms with Crippen molar-refractivity contribution in [3.63, 3.8) is 0 Å². The first kappa shape index (κ1) is 18.8. The van der Waals surface area contributed by atoms with E-state index in [1.807, 2.05) is 29.2 Å². The molecular formula is C21H24N2O4. The number of methoxy groups -OCH3 is 1. The summed E-state index contributed by atoms with van der Waals surface area (Å²) in [7, 11) is 1.61. The van der Waals surface area contributed by atoms with Gasteiger partial charge in [-0.25, -0.2) is 0 Å². The summed E-state index contributed by atoms with van der Waals surface area (Å²) in [5, 5.41) is 9.57. The van der Waals surface area contributed by atoms with Crippen molar-refractivity contribution in [2.75, 3.05) is 33.3 Å². The lowest BCUT2D eigenvalue weighted by molar-refractivity contribution is -0.130. The Morgan fingerprint density at radius 2 is 1.70 bits per heavy atom. The molecule has 0 unspecified atom stereocenters. The fourth-order valence-corrected chi connectivity index (χ4v) is 3.22. The number of phenolic OH excluding ortho intramolecular Hbond substituents is 1. The van der Waals surface area contributed by atoms with Crippen LogP contribution in [0.15, 0.2) is 48.5 Å². The molecule has 6 nitrogen and oxygen atoms in total. The van der Waals surface area contributed by atoms with Crippen molar-refractivity contribution in [2.24, 2.45) is 0 Å². The third kappa shape index (κ3) is 4.78. The predicted molar refractivity (Wildman–Crippen MR) is 102 cm³/mol. The molecule has 2 aromatic carbocycles. The lowest BCUT2D eigenvalue weighted by atomic mass is 10.1. The van der Waals surface area contributed by atoms with Crippen LogP contribution in [0.2, 0.25) is 0 Å². The van der Waals surface area contributed by atoms with E-state index in [1.165, 1.54) is 6.07 Å². The van der Waals surface area contributed by atoms with E-state index >= 15 is 0 Å². The number of aromatic hydroxyl groups is 1. The van der Waals surface area contributed by atoms with Gasteiger partial charge in [0.05, 0.1) is 13.5 Å². The summed E-state index contributed by atoms with van der Waals surface area (Å²) in [4.78, 5) is 28.8. The third-order valence-electron chi connectivity index (χ3n) is 4.74. The average molecular weight is 368 g/mol. The molecule has 0 radical (unpaired) electrons. The van der Waals surface area contributed by atoms with E-state index in [0.29, 0.717) is 38.2 Å². The van der Waals surface area contributed by atoms with Gasteiger partial charge in [0.1, 0.15) is 11.5 Å². The second-order valence-electron chi connectivity index (χ2n) is 6.60. The number of amides is 2. The number of ether oxygens (including phenoxy) is 1. The molecule has 0 aliphatic carbocycles. The molecule has 27 heavy (non-hydrogen) atoms. The number of rotatable bonds is 4. The first-order valence-corrected chi connectivity index (χ1v) is 9.06. The first-order chi connectivity index (χ1) is 13.1. The minimum Gasteiger partial charge on any atom is -0.508 e. The minimum absolute atomic E-state index is 0.0619. The number of phenols is 1. The van der Waals surface area contributed by atoms with Crippen LogP contribution in [0.1, 0.15) is 22.3 Å². The van der Waals surface area contributed by atoms with Crippen LogP contribution in [0.25, 0.3) is 0 Å². The monoisotopic (exact) mass is 368 g/mol. The number of hydrogen-bond acceptors (Lipinski definition) is 4. The van der Waals surface area contributed by atoms with Crippen molar-refractivity contribution >= 4 is 11.8 Å². The van der Waals surface area contributed by atoms with Crippen LogP contribution in [0.5, 0.6) is 11.5 Å². The highest BCUT2D eigenvalue weighted by Crippen LogP contribution is 2.16. The lowest BCUT2D eigenvalue weighted by Gasteiger charge is -2.22. The zero-order valence-corrected chi connectivity index (χ0v) is 15.4. The standard InChI is InChI=1S/C21H24N2O4/c1-27-19-8-6-16(7-9-19)14-20(25)22-10-3-11-23(13-12-22)21(26)17-4-2-5-18(24)15-17/h2,4-9,15,24H,3,10-14H2,1H3. The Labute approximate surface area is 159 Å². The van der Waals surface area contributed by atoms with E-state index in [1.54, 1.807) is 30.2 Å². The molecule has 1 aliphatic rings. The van der Waals surface area contributed by atoms with E-state index in [0.717, 1.165) is 17.7 Å². The summed E-state index contributed by atoms with van der Waals surface area (Å²) < 4.78 is 5.14. The van der Waals surface area contributed by atoms with Crippen LogP contribution >= 0.6 is 0 Å². The third-order valence-corrected chi connectivity index (χ3v) is 4.74. The molecule has 1 N–H and O–H groups in total. The van der Waals surface area contributed by atoms with Gasteiger partial charge in [-0.2, -0.15) is 0 Å². The number of carbonyl (C=O) groups is 2. The number of nitrogens with zero attached hydrogens (tertiary/aromatic N) is 2. The molecule has 2 amide bonds. The number of carbonyl (C=O) groups excluding carboxylic acids is 2. The van der Waals surface area contributed by atoms with Gasteiger partial charge in [-0.3, -0.25) is 9.59 Å². The summed E-state index contributed by atoms with van der Waals surface area (Å²) in [5.74, 6) is 0.788. The maximum absolute atomic E-state index is 12.6. The van der Waals surface area contributed by atoms with Crippen LogP contribution in [0.3, 0.4) is 0 Å². The van der Waals surface area contributed by atoms with Crippen molar-refractivity contribution in [3.8, 4) is 11.5 Å². The number of hydrogen-bond donors (Lipinski definition) is 1. The van der Waals surface area contributed by atoms with E-state index in [9.17, 15) is 14.7 Å². The maximum atomic E-state index is 12.6. The van der Waals surface area contributed by atoms with Crippen LogP contribution in [0, 0.1) is 0 Å². The van der Waals surface area contributed by atoms with E-state index < -0.39 is 0 Å². The summed E-state index contributed by atoms with van der Waals surface area (Å²) in [6, 6.07) is 13.9. The molecule has 0 atom stereocenters. The van der Waals surface area contributed by atoms with Gasteiger partial charge >= 0.3 is 0 Å². The molecule has 142 valence electrons. The Kier molecular flexibility index (Phi) is 5.96. The SMILES string of the molecule is COc1ccc(CC(=O)N2CCCN(C(=O)c3cccc(O)c3)CC2)cc1. The zero-order chi connectivity index (χ0) is 19.2. The highest BCUT2D eigenvalue weighted by molar-refractivity contribution is 5.94. The molecule has 3 rings (SSSR count). The topological polar surface area (TPSA) is 70.1 Å². The molecule has 1 heterocycles. The van der Waals surface area contributed by atoms with Crippen molar-refractivity contribution in [3.05, 3.63) is 59.7 Å². The van der Waals surface area contributed by atoms with E-state index in [4.69, 9.17) is 4.74 Å². The highest BCUT2D eigenvalue weighted by atomic mass is 16.5. The summed E-state index contributed by atoms with van der Waals surface area (Å²) in [5.41, 5.74) is 1.41. The fourth-order valence-electron chi connectivity index (χ4n) is 3.22. The molecular weight excluding hydrogens is 344 g/mol. The largest absolute Gasteiger partial charge is 0.508 e. The van der Waals surface area contributed by atoms with Gasteiger partial charge < -0.3 is 19.6 Å². The number of benzene rings is 2. The Hall–Kier alpha value is -3.02. The average Bonchev–Trinajstić information content (AvgIpc) is 2.94. The molecule has 0 bridgehead atoms. The molecule has 6 heteroatoms. The lowest BCUT2D eigenvalue weighted by Crippen LogP contribution is -2.38. The quantitative estimate of drug-likeness (QED) is 0.899. The first-order valence-electron chi connectivity index (χ1n) is 9.06. The van der Waals surface area contributed by atoms with Gasteiger partial charge in [-0.15, -0.1) is 0 Å². The molecule has 1 aliphatic heterocycles. The molecule has 2 aromatic rings. The predicted octanol–water partition coefficient (Wildman–Crippen LogP) is 2.32. The van der Waals surface area contributed by atoms with Crippen LogP contribution in [0.4, 0.5) is 0 Å². The molecule has 0 saturated carbocycles. The van der Waals surface area contributed by atoms with Gasteiger partial charge in [0.25, 0.3) is 5.91 Å². The smallest absolute Gasteiger partial charge is 0.254 e. The Morgan fingerprint density at radius 3 is 2.41 bits per heavy atom. The van der Waals surface area contributed by atoms with Gasteiger partial charge in [-0.05, 0) is 42.3 Å². The van der Waals surface area contributed by atoms with Gasteiger partial charge in [0.2, 0.25) is 5.91 Å². The van der Waals surface area contributed by atoms with Gasteiger partial charge in [0, 0.05) is 31.7 Å². The van der Waals surface area contributed by atoms with Crippen molar-refractivity contribution < 1.29 is 19.4 Å². The van der Waals surface area contributed by atoms with Crippen LogP contribution in [-0.2, 0) is 11.2 Å². The van der Waals surface area contributed by atoms with Crippen molar-refractivity contribution in [1.82, 2.24) is 9.80 Å².